The van der Waals surface area contributed by atoms with E-state index in [-0.39, 0.29) is 5.91 Å². The minimum absolute atomic E-state index is 0.216. The Bertz CT molecular complexity index is 773. The van der Waals surface area contributed by atoms with E-state index in [0.717, 1.165) is 38.3 Å². The lowest BCUT2D eigenvalue weighted by atomic mass is 10.1. The van der Waals surface area contributed by atoms with Crippen molar-refractivity contribution in [1.82, 2.24) is 15.1 Å². The third kappa shape index (κ3) is 4.98. The van der Waals surface area contributed by atoms with Crippen LogP contribution in [-0.4, -0.2) is 48.9 Å². The second-order valence-electron chi connectivity index (χ2n) is 6.65. The van der Waals surface area contributed by atoms with Crippen molar-refractivity contribution in [2.24, 2.45) is 0 Å². The summed E-state index contributed by atoms with van der Waals surface area (Å²) in [4.78, 5) is 17.3. The number of hydrogen-bond acceptors (Lipinski definition) is 3. The molecule has 26 heavy (non-hydrogen) atoms. The molecule has 0 radical (unpaired) electrons. The molecule has 1 saturated heterocycles. The van der Waals surface area contributed by atoms with Gasteiger partial charge in [-0.1, -0.05) is 47.5 Å². The molecule has 1 N–H and O–H groups in total. The number of nitrogens with one attached hydrogen (secondary N) is 1. The summed E-state index contributed by atoms with van der Waals surface area (Å²) in [5.41, 5.74) is 2.77. The van der Waals surface area contributed by atoms with Crippen LogP contribution in [0.25, 0.3) is 0 Å². The summed E-state index contributed by atoms with van der Waals surface area (Å²) in [6.45, 7) is 5.67. The van der Waals surface area contributed by atoms with E-state index in [1.54, 1.807) is 18.2 Å². The lowest BCUT2D eigenvalue weighted by molar-refractivity contribution is 0.0950. The minimum atomic E-state index is -0.216. The van der Waals surface area contributed by atoms with E-state index in [2.05, 4.69) is 34.3 Å². The Morgan fingerprint density at radius 1 is 1.04 bits per heavy atom. The van der Waals surface area contributed by atoms with Gasteiger partial charge in [-0.3, -0.25) is 9.69 Å². The second-order valence-corrected chi connectivity index (χ2v) is 7.50. The Kier molecular flexibility index (Phi) is 6.54. The van der Waals surface area contributed by atoms with E-state index in [1.165, 1.54) is 5.56 Å². The zero-order valence-corrected chi connectivity index (χ0v) is 16.4. The lowest BCUT2D eigenvalue weighted by Crippen LogP contribution is -2.44. The maximum absolute atomic E-state index is 12.5. The molecule has 1 aliphatic rings. The molecule has 4 nitrogen and oxygen atoms in total. The van der Waals surface area contributed by atoms with Gasteiger partial charge in [0, 0.05) is 44.3 Å². The van der Waals surface area contributed by atoms with Crippen molar-refractivity contribution in [1.29, 1.82) is 0 Å². The van der Waals surface area contributed by atoms with Crippen molar-refractivity contribution in [3.63, 3.8) is 0 Å². The summed E-state index contributed by atoms with van der Waals surface area (Å²) in [5.74, 6) is -0.216. The lowest BCUT2D eigenvalue weighted by Gasteiger charge is -2.32. The topological polar surface area (TPSA) is 35.6 Å². The van der Waals surface area contributed by atoms with Gasteiger partial charge in [0.15, 0.2) is 0 Å². The highest BCUT2D eigenvalue weighted by molar-refractivity contribution is 6.35. The zero-order valence-electron chi connectivity index (χ0n) is 14.8. The average molecular weight is 392 g/mol. The molecular formula is C20H23Cl2N3O. The van der Waals surface area contributed by atoms with E-state index in [1.807, 2.05) is 12.1 Å². The summed E-state index contributed by atoms with van der Waals surface area (Å²) < 4.78 is 0. The molecule has 1 aliphatic heterocycles. The summed E-state index contributed by atoms with van der Waals surface area (Å²) in [5, 5.41) is 3.86. The predicted octanol–water partition coefficient (Wildman–Crippen LogP) is 3.67. The average Bonchev–Trinajstić information content (AvgIpc) is 2.64. The molecule has 0 spiro atoms. The van der Waals surface area contributed by atoms with E-state index in [4.69, 9.17) is 23.2 Å². The van der Waals surface area contributed by atoms with Gasteiger partial charge in [-0.05, 0) is 36.4 Å². The van der Waals surface area contributed by atoms with Gasteiger partial charge >= 0.3 is 0 Å². The number of nitrogens with zero attached hydrogens (tertiary/aromatic N) is 2. The van der Waals surface area contributed by atoms with E-state index >= 15 is 0 Å². The van der Waals surface area contributed by atoms with Gasteiger partial charge in [0.2, 0.25) is 0 Å². The molecule has 6 heteroatoms. The van der Waals surface area contributed by atoms with Crippen LogP contribution in [0.4, 0.5) is 0 Å². The number of rotatable bonds is 5. The van der Waals surface area contributed by atoms with Crippen LogP contribution in [-0.2, 0) is 13.1 Å². The van der Waals surface area contributed by atoms with Crippen LogP contribution in [0.3, 0.4) is 0 Å². The second kappa shape index (κ2) is 8.87. The smallest absolute Gasteiger partial charge is 0.253 e. The highest BCUT2D eigenvalue weighted by atomic mass is 35.5. The maximum atomic E-state index is 12.5. The minimum Gasteiger partial charge on any atom is -0.348 e. The fraction of sp³-hybridized carbons (Fsp3) is 0.350. The summed E-state index contributed by atoms with van der Waals surface area (Å²) in [7, 11) is 2.15. The van der Waals surface area contributed by atoms with Crippen molar-refractivity contribution < 1.29 is 4.79 Å². The zero-order chi connectivity index (χ0) is 18.5. The number of benzene rings is 2. The quantitative estimate of drug-likeness (QED) is 0.844. The third-order valence-corrected chi connectivity index (χ3v) is 5.29. The molecule has 1 fully saturated rings. The standard InChI is InChI=1S/C20H23Cl2N3O/c1-24-8-10-25(11-9-24)14-16-5-3-2-4-15(16)13-23-20(26)18-12-17(21)6-7-19(18)22/h2-7,12H,8-11,13-14H2,1H3,(H,23,26). The molecule has 0 unspecified atom stereocenters. The van der Waals surface area contributed by atoms with Gasteiger partial charge in [-0.2, -0.15) is 0 Å². The number of piperazine rings is 1. The number of amides is 1. The summed E-state index contributed by atoms with van der Waals surface area (Å²) in [6.07, 6.45) is 0. The molecule has 1 amide bonds. The first-order chi connectivity index (χ1) is 12.5. The van der Waals surface area contributed by atoms with E-state index < -0.39 is 0 Å². The van der Waals surface area contributed by atoms with Gasteiger partial charge in [-0.25, -0.2) is 0 Å². The van der Waals surface area contributed by atoms with E-state index in [9.17, 15) is 4.79 Å². The number of hydrogen-bond donors (Lipinski definition) is 1. The van der Waals surface area contributed by atoms with E-state index in [0.29, 0.717) is 22.2 Å². The van der Waals surface area contributed by atoms with Crippen LogP contribution in [0.15, 0.2) is 42.5 Å². The molecule has 2 aromatic rings. The highest BCUT2D eigenvalue weighted by Gasteiger charge is 2.16. The SMILES string of the molecule is CN1CCN(Cc2ccccc2CNC(=O)c2cc(Cl)ccc2Cl)CC1. The van der Waals surface area contributed by atoms with Crippen molar-refractivity contribution in [3.05, 3.63) is 69.2 Å². The first-order valence-corrected chi connectivity index (χ1v) is 9.49. The first kappa shape index (κ1) is 19.2. The predicted molar refractivity (Wildman–Crippen MR) is 107 cm³/mol. The van der Waals surface area contributed by atoms with Crippen LogP contribution in [0.2, 0.25) is 10.0 Å². The van der Waals surface area contributed by atoms with Crippen LogP contribution >= 0.6 is 23.2 Å². The fourth-order valence-electron chi connectivity index (χ4n) is 3.07. The molecule has 0 saturated carbocycles. The Morgan fingerprint density at radius 2 is 1.73 bits per heavy atom. The summed E-state index contributed by atoms with van der Waals surface area (Å²) >= 11 is 12.1. The Balaban J connectivity index is 1.65. The van der Waals surface area contributed by atoms with Gasteiger partial charge in [0.1, 0.15) is 0 Å². The molecule has 0 bridgehead atoms. The molecule has 138 valence electrons. The highest BCUT2D eigenvalue weighted by Crippen LogP contribution is 2.21. The molecule has 0 atom stereocenters. The molecule has 1 heterocycles. The number of carbonyl (C=O) groups excluding carboxylic acids is 1. The summed E-state index contributed by atoms with van der Waals surface area (Å²) in [6, 6.07) is 13.1. The normalized spacial score (nSPS) is 15.8. The van der Waals surface area contributed by atoms with Crippen LogP contribution < -0.4 is 5.32 Å². The van der Waals surface area contributed by atoms with Crippen molar-refractivity contribution in [3.8, 4) is 0 Å². The van der Waals surface area contributed by atoms with Crippen LogP contribution in [0.1, 0.15) is 21.5 Å². The molecule has 0 aliphatic carbocycles. The van der Waals surface area contributed by atoms with Gasteiger partial charge < -0.3 is 10.2 Å². The van der Waals surface area contributed by atoms with Crippen molar-refractivity contribution in [2.75, 3.05) is 33.2 Å². The van der Waals surface area contributed by atoms with Crippen molar-refractivity contribution >= 4 is 29.1 Å². The number of halogens is 2. The monoisotopic (exact) mass is 391 g/mol. The number of likely N-dealkylation sites (N-methyl/N-ethyl adjacent to an activating group) is 1. The molecule has 3 rings (SSSR count). The van der Waals surface area contributed by atoms with Crippen LogP contribution in [0.5, 0.6) is 0 Å². The van der Waals surface area contributed by atoms with Crippen LogP contribution in [0, 0.1) is 0 Å². The Labute approximate surface area is 164 Å². The Hall–Kier alpha value is -1.59. The maximum Gasteiger partial charge on any atom is 0.253 e. The molecular weight excluding hydrogens is 369 g/mol. The van der Waals surface area contributed by atoms with Gasteiger partial charge in [0.25, 0.3) is 5.91 Å². The van der Waals surface area contributed by atoms with Gasteiger partial charge in [-0.15, -0.1) is 0 Å². The molecule has 2 aromatic carbocycles. The fourth-order valence-corrected chi connectivity index (χ4v) is 3.45. The third-order valence-electron chi connectivity index (χ3n) is 4.72. The number of carbonyl (C=O) groups is 1. The molecule has 0 aromatic heterocycles. The van der Waals surface area contributed by atoms with Crippen molar-refractivity contribution in [2.45, 2.75) is 13.1 Å². The largest absolute Gasteiger partial charge is 0.348 e. The van der Waals surface area contributed by atoms with Gasteiger partial charge in [0.05, 0.1) is 10.6 Å². The first-order valence-electron chi connectivity index (χ1n) is 8.74. The Morgan fingerprint density at radius 3 is 2.46 bits per heavy atom.